The zero-order chi connectivity index (χ0) is 14.1. The number of H-pyrrole nitrogens is 1. The Morgan fingerprint density at radius 2 is 1.90 bits per heavy atom. The van der Waals surface area contributed by atoms with Crippen LogP contribution in [0.2, 0.25) is 5.02 Å². The summed E-state index contributed by atoms with van der Waals surface area (Å²) in [5.74, 6) is -0.231. The average Bonchev–Trinajstić information content (AvgIpc) is 2.85. The third-order valence-corrected chi connectivity index (χ3v) is 3.71. The molecule has 0 amide bonds. The average molecular weight is 289 g/mol. The van der Waals surface area contributed by atoms with E-state index >= 15 is 0 Å². The van der Waals surface area contributed by atoms with Crippen molar-refractivity contribution >= 4 is 22.5 Å². The lowest BCUT2D eigenvalue weighted by Gasteiger charge is -2.16. The van der Waals surface area contributed by atoms with Crippen LogP contribution in [-0.2, 0) is 0 Å². The zero-order valence-corrected chi connectivity index (χ0v) is 11.7. The van der Waals surface area contributed by atoms with Gasteiger partial charge in [-0.15, -0.1) is 0 Å². The Balaban J connectivity index is 2.11. The number of nitrogens with one attached hydrogen (secondary N) is 2. The van der Waals surface area contributed by atoms with Crippen molar-refractivity contribution in [2.24, 2.45) is 0 Å². The van der Waals surface area contributed by atoms with Crippen molar-refractivity contribution in [3.63, 3.8) is 0 Å². The summed E-state index contributed by atoms with van der Waals surface area (Å²) in [4.78, 5) is 3.24. The third kappa shape index (κ3) is 2.30. The summed E-state index contributed by atoms with van der Waals surface area (Å²) in [6.07, 6.45) is 1.96. The van der Waals surface area contributed by atoms with E-state index in [0.29, 0.717) is 5.02 Å². The minimum atomic E-state index is -0.231. The number of benzene rings is 2. The van der Waals surface area contributed by atoms with Crippen LogP contribution in [0.3, 0.4) is 0 Å². The van der Waals surface area contributed by atoms with E-state index in [-0.39, 0.29) is 11.9 Å². The van der Waals surface area contributed by atoms with Crippen LogP contribution in [0.1, 0.15) is 17.2 Å². The van der Waals surface area contributed by atoms with Gasteiger partial charge >= 0.3 is 0 Å². The maximum absolute atomic E-state index is 13.1. The second-order valence-corrected chi connectivity index (χ2v) is 5.14. The number of aromatic amines is 1. The van der Waals surface area contributed by atoms with Gasteiger partial charge in [0.2, 0.25) is 0 Å². The number of aromatic nitrogens is 1. The first-order valence-corrected chi connectivity index (χ1v) is 6.76. The Kier molecular flexibility index (Phi) is 3.47. The fraction of sp³-hybridized carbons (Fsp3) is 0.125. The molecule has 0 aliphatic heterocycles. The first-order valence-electron chi connectivity index (χ1n) is 6.38. The molecule has 0 saturated carbocycles. The van der Waals surface area contributed by atoms with Crippen LogP contribution in [0.5, 0.6) is 0 Å². The van der Waals surface area contributed by atoms with E-state index in [9.17, 15) is 4.39 Å². The molecule has 0 fully saturated rings. The molecule has 1 atom stereocenters. The third-order valence-electron chi connectivity index (χ3n) is 3.48. The molecule has 1 aromatic heterocycles. The van der Waals surface area contributed by atoms with Crippen LogP contribution < -0.4 is 5.32 Å². The highest BCUT2D eigenvalue weighted by Gasteiger charge is 2.16. The predicted molar refractivity (Wildman–Crippen MR) is 80.6 cm³/mol. The molecule has 3 aromatic rings. The highest BCUT2D eigenvalue weighted by molar-refractivity contribution is 6.31. The largest absolute Gasteiger partial charge is 0.361 e. The Hall–Kier alpha value is -1.84. The fourth-order valence-electron chi connectivity index (χ4n) is 2.51. The van der Waals surface area contributed by atoms with E-state index < -0.39 is 0 Å². The molecular formula is C16H14ClFN2. The molecule has 0 aliphatic rings. The molecule has 0 bridgehead atoms. The van der Waals surface area contributed by atoms with E-state index in [2.05, 4.69) is 10.3 Å². The number of halogens is 2. The second kappa shape index (κ2) is 5.27. The predicted octanol–water partition coefficient (Wildman–Crippen LogP) is 4.27. The van der Waals surface area contributed by atoms with E-state index in [0.717, 1.165) is 22.0 Å². The molecule has 0 aliphatic carbocycles. The lowest BCUT2D eigenvalue weighted by atomic mass is 9.98. The van der Waals surface area contributed by atoms with Crippen LogP contribution in [0.15, 0.2) is 48.7 Å². The molecule has 0 spiro atoms. The molecule has 4 heteroatoms. The Labute approximate surface area is 121 Å². The SMILES string of the molecule is CNC(c1ccc(F)cc1)c1c[nH]c2ccc(Cl)cc12. The molecular weight excluding hydrogens is 275 g/mol. The maximum atomic E-state index is 13.1. The van der Waals surface area contributed by atoms with Gasteiger partial charge in [0.15, 0.2) is 0 Å². The van der Waals surface area contributed by atoms with Crippen LogP contribution in [-0.4, -0.2) is 12.0 Å². The number of hydrogen-bond acceptors (Lipinski definition) is 1. The van der Waals surface area contributed by atoms with Crippen molar-refractivity contribution in [3.05, 3.63) is 70.6 Å². The minimum absolute atomic E-state index is 0.0113. The molecule has 3 rings (SSSR count). The number of hydrogen-bond donors (Lipinski definition) is 2. The Bertz CT molecular complexity index is 734. The maximum Gasteiger partial charge on any atom is 0.123 e. The van der Waals surface area contributed by atoms with Crippen molar-refractivity contribution in [2.75, 3.05) is 7.05 Å². The summed E-state index contributed by atoms with van der Waals surface area (Å²) in [5.41, 5.74) is 3.14. The molecule has 1 heterocycles. The number of fused-ring (bicyclic) bond motifs is 1. The molecule has 102 valence electrons. The Morgan fingerprint density at radius 1 is 1.15 bits per heavy atom. The van der Waals surface area contributed by atoms with E-state index in [1.165, 1.54) is 12.1 Å². The van der Waals surface area contributed by atoms with E-state index in [4.69, 9.17) is 11.6 Å². The van der Waals surface area contributed by atoms with Crippen LogP contribution in [0.4, 0.5) is 4.39 Å². The summed E-state index contributed by atoms with van der Waals surface area (Å²) >= 11 is 6.08. The fourth-order valence-corrected chi connectivity index (χ4v) is 2.68. The van der Waals surface area contributed by atoms with Gasteiger partial charge in [-0.25, -0.2) is 4.39 Å². The minimum Gasteiger partial charge on any atom is -0.361 e. The molecule has 2 aromatic carbocycles. The first-order chi connectivity index (χ1) is 9.69. The molecule has 0 saturated heterocycles. The van der Waals surface area contributed by atoms with Gasteiger partial charge < -0.3 is 10.3 Å². The summed E-state index contributed by atoms with van der Waals surface area (Å²) in [5, 5.41) is 5.04. The summed E-state index contributed by atoms with van der Waals surface area (Å²) in [7, 11) is 1.89. The lowest BCUT2D eigenvalue weighted by Crippen LogP contribution is -2.17. The van der Waals surface area contributed by atoms with Gasteiger partial charge in [-0.3, -0.25) is 0 Å². The zero-order valence-electron chi connectivity index (χ0n) is 11.0. The van der Waals surface area contributed by atoms with Gasteiger partial charge in [0, 0.05) is 22.1 Å². The summed E-state index contributed by atoms with van der Waals surface area (Å²) < 4.78 is 13.1. The standard InChI is InChI=1S/C16H14ClFN2/c1-19-16(10-2-5-12(18)6-3-10)14-9-20-15-7-4-11(17)8-13(14)15/h2-9,16,19-20H,1H3. The first kappa shape index (κ1) is 13.2. The van der Waals surface area contributed by atoms with Crippen molar-refractivity contribution in [3.8, 4) is 0 Å². The van der Waals surface area contributed by atoms with E-state index in [1.54, 1.807) is 12.1 Å². The van der Waals surface area contributed by atoms with Gasteiger partial charge in [-0.1, -0.05) is 23.7 Å². The molecule has 1 unspecified atom stereocenters. The summed E-state index contributed by atoms with van der Waals surface area (Å²) in [6.45, 7) is 0. The molecule has 20 heavy (non-hydrogen) atoms. The smallest absolute Gasteiger partial charge is 0.123 e. The molecule has 2 N–H and O–H groups in total. The highest BCUT2D eigenvalue weighted by Crippen LogP contribution is 2.30. The normalized spacial score (nSPS) is 12.8. The highest BCUT2D eigenvalue weighted by atomic mass is 35.5. The van der Waals surface area contributed by atoms with Gasteiger partial charge in [-0.05, 0) is 48.5 Å². The Morgan fingerprint density at radius 3 is 2.60 bits per heavy atom. The second-order valence-electron chi connectivity index (χ2n) is 4.71. The van der Waals surface area contributed by atoms with Crippen molar-refractivity contribution < 1.29 is 4.39 Å². The van der Waals surface area contributed by atoms with Crippen LogP contribution in [0, 0.1) is 5.82 Å². The topological polar surface area (TPSA) is 27.8 Å². The van der Waals surface area contributed by atoms with Crippen molar-refractivity contribution in [1.29, 1.82) is 0 Å². The van der Waals surface area contributed by atoms with Gasteiger partial charge in [0.1, 0.15) is 5.82 Å². The molecule has 0 radical (unpaired) electrons. The van der Waals surface area contributed by atoms with E-state index in [1.807, 2.05) is 31.4 Å². The van der Waals surface area contributed by atoms with Gasteiger partial charge in [0.25, 0.3) is 0 Å². The van der Waals surface area contributed by atoms with Gasteiger partial charge in [0.05, 0.1) is 6.04 Å². The quantitative estimate of drug-likeness (QED) is 0.740. The van der Waals surface area contributed by atoms with Crippen molar-refractivity contribution in [1.82, 2.24) is 10.3 Å². The molecule has 2 nitrogen and oxygen atoms in total. The summed E-state index contributed by atoms with van der Waals surface area (Å²) in [6, 6.07) is 12.3. The van der Waals surface area contributed by atoms with Crippen molar-refractivity contribution in [2.45, 2.75) is 6.04 Å². The van der Waals surface area contributed by atoms with Crippen LogP contribution >= 0.6 is 11.6 Å². The monoisotopic (exact) mass is 288 g/mol. The lowest BCUT2D eigenvalue weighted by molar-refractivity contribution is 0.623. The van der Waals surface area contributed by atoms with Crippen LogP contribution in [0.25, 0.3) is 10.9 Å². The number of rotatable bonds is 3. The van der Waals surface area contributed by atoms with Gasteiger partial charge in [-0.2, -0.15) is 0 Å².